The van der Waals surface area contributed by atoms with Crippen molar-refractivity contribution in [1.82, 2.24) is 14.9 Å². The van der Waals surface area contributed by atoms with Gasteiger partial charge in [-0.25, -0.2) is 12.7 Å². The Morgan fingerprint density at radius 2 is 1.80 bits per heavy atom. The molecule has 1 aliphatic rings. The number of rotatable bonds is 8. The number of hydrogen-bond acceptors (Lipinski definition) is 4. The largest absolute Gasteiger partial charge is 0.355 e. The van der Waals surface area contributed by atoms with E-state index in [2.05, 4.69) is 10.6 Å². The standard InChI is InChI=1S/C18H29N3O3S/c1-3-25(23,24)21-14-10-18(11-15-21,16-8-5-4-6-9-16)17(22)20-13-7-12-19-2/h4-6,8-9,19H,3,7,10-15H2,1-2H3,(H,20,22). The van der Waals surface area contributed by atoms with E-state index in [-0.39, 0.29) is 11.7 Å². The summed E-state index contributed by atoms with van der Waals surface area (Å²) in [5.41, 5.74) is 0.315. The number of hydrogen-bond donors (Lipinski definition) is 2. The minimum Gasteiger partial charge on any atom is -0.355 e. The second-order valence-electron chi connectivity index (χ2n) is 6.46. The van der Waals surface area contributed by atoms with E-state index in [0.717, 1.165) is 18.5 Å². The van der Waals surface area contributed by atoms with Crippen molar-refractivity contribution in [3.63, 3.8) is 0 Å². The van der Waals surface area contributed by atoms with Gasteiger partial charge in [0.1, 0.15) is 0 Å². The number of nitrogens with one attached hydrogen (secondary N) is 2. The van der Waals surface area contributed by atoms with Gasteiger partial charge in [0.05, 0.1) is 11.2 Å². The third-order valence-corrected chi connectivity index (χ3v) is 6.87. The summed E-state index contributed by atoms with van der Waals surface area (Å²) in [6.07, 6.45) is 1.88. The zero-order valence-electron chi connectivity index (χ0n) is 15.1. The zero-order chi connectivity index (χ0) is 18.3. The van der Waals surface area contributed by atoms with Gasteiger partial charge in [0, 0.05) is 19.6 Å². The van der Waals surface area contributed by atoms with Gasteiger partial charge in [0.15, 0.2) is 0 Å². The number of carbonyl (C=O) groups is 1. The molecule has 0 unspecified atom stereocenters. The van der Waals surface area contributed by atoms with Crippen LogP contribution >= 0.6 is 0 Å². The average molecular weight is 368 g/mol. The maximum absolute atomic E-state index is 13.0. The zero-order valence-corrected chi connectivity index (χ0v) is 15.9. The van der Waals surface area contributed by atoms with Crippen LogP contribution in [-0.2, 0) is 20.2 Å². The normalized spacial score (nSPS) is 18.0. The Kier molecular flexibility index (Phi) is 6.98. The van der Waals surface area contributed by atoms with Gasteiger partial charge in [0.2, 0.25) is 15.9 Å². The van der Waals surface area contributed by atoms with Crippen molar-refractivity contribution in [3.05, 3.63) is 35.9 Å². The topological polar surface area (TPSA) is 78.5 Å². The van der Waals surface area contributed by atoms with Crippen LogP contribution in [0.15, 0.2) is 30.3 Å². The van der Waals surface area contributed by atoms with E-state index in [1.54, 1.807) is 6.92 Å². The predicted molar refractivity (Wildman–Crippen MR) is 99.9 cm³/mol. The summed E-state index contributed by atoms with van der Waals surface area (Å²) in [6.45, 7) is 3.89. The first-order valence-electron chi connectivity index (χ1n) is 8.92. The van der Waals surface area contributed by atoms with E-state index in [1.165, 1.54) is 4.31 Å². The second kappa shape index (κ2) is 8.78. The molecule has 0 aliphatic carbocycles. The quantitative estimate of drug-likeness (QED) is 0.675. The molecule has 25 heavy (non-hydrogen) atoms. The monoisotopic (exact) mass is 367 g/mol. The van der Waals surface area contributed by atoms with Crippen LogP contribution in [0.5, 0.6) is 0 Å². The summed E-state index contributed by atoms with van der Waals surface area (Å²) in [7, 11) is -1.32. The van der Waals surface area contributed by atoms with Crippen molar-refractivity contribution in [2.45, 2.75) is 31.6 Å². The molecule has 0 spiro atoms. The average Bonchev–Trinajstić information content (AvgIpc) is 2.65. The van der Waals surface area contributed by atoms with Crippen LogP contribution in [-0.4, -0.2) is 57.6 Å². The number of carbonyl (C=O) groups excluding carboxylic acids is 1. The van der Waals surface area contributed by atoms with E-state index in [1.807, 2.05) is 37.4 Å². The van der Waals surface area contributed by atoms with Crippen LogP contribution in [0.25, 0.3) is 0 Å². The Labute approximate surface area is 151 Å². The van der Waals surface area contributed by atoms with E-state index in [9.17, 15) is 13.2 Å². The lowest BCUT2D eigenvalue weighted by atomic mass is 9.72. The van der Waals surface area contributed by atoms with Crippen molar-refractivity contribution in [3.8, 4) is 0 Å². The molecule has 1 aromatic carbocycles. The van der Waals surface area contributed by atoms with Crippen LogP contribution in [0.3, 0.4) is 0 Å². The van der Waals surface area contributed by atoms with Gasteiger partial charge >= 0.3 is 0 Å². The van der Waals surface area contributed by atoms with Crippen LogP contribution in [0.2, 0.25) is 0 Å². The van der Waals surface area contributed by atoms with Gasteiger partial charge in [-0.1, -0.05) is 30.3 Å². The van der Waals surface area contributed by atoms with Crippen molar-refractivity contribution < 1.29 is 13.2 Å². The fourth-order valence-corrected chi connectivity index (χ4v) is 4.47. The lowest BCUT2D eigenvalue weighted by molar-refractivity contribution is -0.128. The summed E-state index contributed by atoms with van der Waals surface area (Å²) in [4.78, 5) is 13.0. The van der Waals surface area contributed by atoms with E-state index in [4.69, 9.17) is 0 Å². The smallest absolute Gasteiger partial charge is 0.230 e. The van der Waals surface area contributed by atoms with Gasteiger partial charge in [-0.15, -0.1) is 0 Å². The molecular weight excluding hydrogens is 338 g/mol. The van der Waals surface area contributed by atoms with Gasteiger partial charge in [-0.05, 0) is 45.3 Å². The molecule has 1 heterocycles. The minimum atomic E-state index is -3.21. The highest BCUT2D eigenvalue weighted by Crippen LogP contribution is 2.36. The first-order valence-corrected chi connectivity index (χ1v) is 10.5. The molecule has 6 nitrogen and oxygen atoms in total. The lowest BCUT2D eigenvalue weighted by Crippen LogP contribution is -2.53. The molecule has 1 fully saturated rings. The Morgan fingerprint density at radius 1 is 1.16 bits per heavy atom. The number of amides is 1. The van der Waals surface area contributed by atoms with Crippen LogP contribution in [0.1, 0.15) is 31.7 Å². The summed E-state index contributed by atoms with van der Waals surface area (Å²) in [6, 6.07) is 9.73. The number of nitrogens with zero attached hydrogens (tertiary/aromatic N) is 1. The highest BCUT2D eigenvalue weighted by Gasteiger charge is 2.44. The number of piperidine rings is 1. The molecule has 0 radical (unpaired) electrons. The Bertz CT molecular complexity index is 653. The second-order valence-corrected chi connectivity index (χ2v) is 8.72. The molecule has 1 amide bonds. The fourth-order valence-electron chi connectivity index (χ4n) is 3.37. The summed E-state index contributed by atoms with van der Waals surface area (Å²) >= 11 is 0. The van der Waals surface area contributed by atoms with Crippen molar-refractivity contribution in [1.29, 1.82) is 0 Å². The molecule has 7 heteroatoms. The van der Waals surface area contributed by atoms with Crippen molar-refractivity contribution >= 4 is 15.9 Å². The Balaban J connectivity index is 2.17. The summed E-state index contributed by atoms with van der Waals surface area (Å²) < 4.78 is 25.8. The van der Waals surface area contributed by atoms with E-state index >= 15 is 0 Å². The van der Waals surface area contributed by atoms with Gasteiger partial charge in [-0.2, -0.15) is 0 Å². The molecule has 0 saturated carbocycles. The molecule has 0 aromatic heterocycles. The van der Waals surface area contributed by atoms with Gasteiger partial charge in [0.25, 0.3) is 0 Å². The lowest BCUT2D eigenvalue weighted by Gasteiger charge is -2.40. The molecule has 140 valence electrons. The first-order chi connectivity index (χ1) is 12.0. The molecular formula is C18H29N3O3S. The molecule has 1 saturated heterocycles. The number of sulfonamides is 1. The van der Waals surface area contributed by atoms with Crippen LogP contribution in [0.4, 0.5) is 0 Å². The van der Waals surface area contributed by atoms with E-state index < -0.39 is 15.4 Å². The van der Waals surface area contributed by atoms with Crippen molar-refractivity contribution in [2.24, 2.45) is 0 Å². The maximum Gasteiger partial charge on any atom is 0.230 e. The summed E-state index contributed by atoms with van der Waals surface area (Å²) in [5.74, 6) is 0.102. The van der Waals surface area contributed by atoms with Gasteiger partial charge in [-0.3, -0.25) is 4.79 Å². The minimum absolute atomic E-state index is 0.00310. The molecule has 0 atom stereocenters. The molecule has 1 aliphatic heterocycles. The highest BCUT2D eigenvalue weighted by atomic mass is 32.2. The van der Waals surface area contributed by atoms with Gasteiger partial charge < -0.3 is 10.6 Å². The maximum atomic E-state index is 13.0. The predicted octanol–water partition coefficient (Wildman–Crippen LogP) is 1.10. The van der Waals surface area contributed by atoms with E-state index in [0.29, 0.717) is 32.5 Å². The molecule has 2 N–H and O–H groups in total. The third-order valence-electron chi connectivity index (χ3n) is 4.98. The summed E-state index contributed by atoms with van der Waals surface area (Å²) in [5, 5.41) is 6.11. The Hall–Kier alpha value is -1.44. The highest BCUT2D eigenvalue weighted by molar-refractivity contribution is 7.89. The number of benzene rings is 1. The first kappa shape index (κ1) is 19.9. The Morgan fingerprint density at radius 3 is 2.36 bits per heavy atom. The van der Waals surface area contributed by atoms with Crippen molar-refractivity contribution in [2.75, 3.05) is 39.0 Å². The fraction of sp³-hybridized carbons (Fsp3) is 0.611. The molecule has 2 rings (SSSR count). The SMILES string of the molecule is CCS(=O)(=O)N1CCC(C(=O)NCCCNC)(c2ccccc2)CC1. The molecule has 1 aromatic rings. The van der Waals surface area contributed by atoms with Crippen LogP contribution in [0, 0.1) is 0 Å². The third kappa shape index (κ3) is 4.59. The molecule has 0 bridgehead atoms. The van der Waals surface area contributed by atoms with Crippen LogP contribution < -0.4 is 10.6 Å².